The second kappa shape index (κ2) is 14.7. The van der Waals surface area contributed by atoms with Crippen molar-refractivity contribution in [2.75, 3.05) is 13.3 Å². The van der Waals surface area contributed by atoms with E-state index in [4.69, 9.17) is 9.15 Å². The summed E-state index contributed by atoms with van der Waals surface area (Å²) in [6.07, 6.45) is 3.65. The van der Waals surface area contributed by atoms with Gasteiger partial charge in [0.05, 0.1) is 25.2 Å². The monoisotopic (exact) mass is 551 g/mol. The van der Waals surface area contributed by atoms with E-state index in [-0.39, 0.29) is 42.5 Å². The van der Waals surface area contributed by atoms with Crippen molar-refractivity contribution in [1.82, 2.24) is 15.7 Å². The molecule has 0 aliphatic rings. The standard InChI is InChI=1S/C25H36N3O9P/c1-4-7-8-9-20(21(5-2)28(32)16-29)24(30)26-15-27-25(31)23-11-10-22(37-23)17-12-18(36-6-3)14-19(13-17)38(33,34)35/h10-14,16,20-21,32H,4-9,15H2,1-3H3,(H,26,30)(H,27,31)(H2,33,34,35)/p-2/t20-,21-/m1/s1. The molecular weight excluding hydrogens is 517 g/mol. The minimum atomic E-state index is -5.07. The topological polar surface area (TPSA) is 184 Å². The van der Waals surface area contributed by atoms with E-state index in [0.29, 0.717) is 17.9 Å². The first-order valence-electron chi connectivity index (χ1n) is 12.4. The number of unbranched alkanes of at least 4 members (excludes halogenated alkanes) is 2. The van der Waals surface area contributed by atoms with Crippen molar-refractivity contribution in [3.05, 3.63) is 36.1 Å². The highest BCUT2D eigenvalue weighted by molar-refractivity contribution is 7.57. The predicted octanol–water partition coefficient (Wildman–Crippen LogP) is 1.51. The Morgan fingerprint density at radius 3 is 2.50 bits per heavy atom. The highest BCUT2D eigenvalue weighted by Gasteiger charge is 2.30. The Bertz CT molecular complexity index is 1130. The second-order valence-electron chi connectivity index (χ2n) is 8.60. The fraction of sp³-hybridized carbons (Fsp3) is 0.480. The zero-order chi connectivity index (χ0) is 28.3. The molecule has 0 saturated heterocycles. The summed E-state index contributed by atoms with van der Waals surface area (Å²) in [5, 5.41) is 15.0. The van der Waals surface area contributed by atoms with Gasteiger partial charge in [0.1, 0.15) is 11.5 Å². The van der Waals surface area contributed by atoms with E-state index >= 15 is 0 Å². The molecule has 1 aromatic carbocycles. The highest BCUT2D eigenvalue weighted by atomic mass is 31.2. The van der Waals surface area contributed by atoms with Gasteiger partial charge in [-0.25, -0.2) is 5.06 Å². The fourth-order valence-electron chi connectivity index (χ4n) is 4.03. The van der Waals surface area contributed by atoms with Crippen molar-refractivity contribution in [1.29, 1.82) is 0 Å². The molecule has 0 spiro atoms. The molecule has 0 saturated carbocycles. The number of hydroxylamine groups is 2. The molecule has 3 N–H and O–H groups in total. The van der Waals surface area contributed by atoms with E-state index in [1.165, 1.54) is 18.2 Å². The van der Waals surface area contributed by atoms with Crippen LogP contribution < -0.4 is 30.5 Å². The van der Waals surface area contributed by atoms with Crippen LogP contribution in [0.1, 0.15) is 63.4 Å². The minimum Gasteiger partial charge on any atom is -0.807 e. The number of nitrogens with one attached hydrogen (secondary N) is 2. The van der Waals surface area contributed by atoms with Gasteiger partial charge in [-0.2, -0.15) is 0 Å². The molecule has 0 bridgehead atoms. The number of carbonyl (C=O) groups excluding carboxylic acids is 3. The van der Waals surface area contributed by atoms with Crippen LogP contribution in [0.15, 0.2) is 34.7 Å². The van der Waals surface area contributed by atoms with E-state index in [9.17, 15) is 33.9 Å². The van der Waals surface area contributed by atoms with Crippen LogP contribution >= 0.6 is 7.60 Å². The van der Waals surface area contributed by atoms with Crippen molar-refractivity contribution in [2.24, 2.45) is 5.92 Å². The number of hydrogen-bond donors (Lipinski definition) is 3. The molecule has 38 heavy (non-hydrogen) atoms. The van der Waals surface area contributed by atoms with Crippen LogP contribution in [0.25, 0.3) is 11.3 Å². The lowest BCUT2D eigenvalue weighted by atomic mass is 9.90. The summed E-state index contributed by atoms with van der Waals surface area (Å²) >= 11 is 0. The molecule has 0 radical (unpaired) electrons. The van der Waals surface area contributed by atoms with Crippen LogP contribution in [0.2, 0.25) is 0 Å². The molecule has 2 aromatic rings. The van der Waals surface area contributed by atoms with E-state index < -0.39 is 36.7 Å². The number of benzene rings is 1. The van der Waals surface area contributed by atoms with Crippen molar-refractivity contribution in [3.8, 4) is 17.1 Å². The van der Waals surface area contributed by atoms with E-state index in [0.717, 1.165) is 31.4 Å². The van der Waals surface area contributed by atoms with Crippen LogP contribution in [0.3, 0.4) is 0 Å². The zero-order valence-electron chi connectivity index (χ0n) is 21.7. The number of carbonyl (C=O) groups is 3. The predicted molar refractivity (Wildman–Crippen MR) is 134 cm³/mol. The Balaban J connectivity index is 2.08. The van der Waals surface area contributed by atoms with Gasteiger partial charge in [0, 0.05) is 5.56 Å². The van der Waals surface area contributed by atoms with Crippen LogP contribution in [-0.2, 0) is 14.2 Å². The molecule has 13 heteroatoms. The average Bonchev–Trinajstić information content (AvgIpc) is 3.38. The number of hydrogen-bond acceptors (Lipinski definition) is 9. The summed E-state index contributed by atoms with van der Waals surface area (Å²) < 4.78 is 22.4. The molecule has 2 atom stereocenters. The average molecular weight is 552 g/mol. The van der Waals surface area contributed by atoms with Crippen molar-refractivity contribution in [3.63, 3.8) is 0 Å². The zero-order valence-corrected chi connectivity index (χ0v) is 22.6. The van der Waals surface area contributed by atoms with Crippen LogP contribution in [0.5, 0.6) is 5.75 Å². The van der Waals surface area contributed by atoms with E-state index in [1.54, 1.807) is 13.8 Å². The fourth-order valence-corrected chi connectivity index (χ4v) is 4.61. The van der Waals surface area contributed by atoms with Gasteiger partial charge in [-0.3, -0.25) is 19.6 Å². The van der Waals surface area contributed by atoms with Gasteiger partial charge in [0.2, 0.25) is 12.3 Å². The molecule has 1 heterocycles. The van der Waals surface area contributed by atoms with E-state index in [2.05, 4.69) is 10.6 Å². The van der Waals surface area contributed by atoms with E-state index in [1.807, 2.05) is 6.92 Å². The first kappa shape index (κ1) is 31.0. The SMILES string of the molecule is CCCCC[C@@H](C(=O)NCNC(=O)c1ccc(-c2cc(OCC)cc(P(=O)([O-])[O-])c2)o1)[C@@H](CC)N(O)C=O. The Morgan fingerprint density at radius 1 is 1.16 bits per heavy atom. The minimum absolute atomic E-state index is 0.113. The molecule has 0 aliphatic heterocycles. The Morgan fingerprint density at radius 2 is 1.89 bits per heavy atom. The third-order valence-electron chi connectivity index (χ3n) is 5.93. The molecule has 1 aromatic heterocycles. The Kier molecular flexibility index (Phi) is 12.0. The third-order valence-corrected chi connectivity index (χ3v) is 6.82. The Hall–Kier alpha value is -3.18. The van der Waals surface area contributed by atoms with Crippen LogP contribution in [0, 0.1) is 5.92 Å². The van der Waals surface area contributed by atoms with Crippen LogP contribution in [-0.4, -0.2) is 47.8 Å². The molecule has 12 nitrogen and oxygen atoms in total. The maximum Gasteiger partial charge on any atom is 0.288 e. The number of amides is 3. The quantitative estimate of drug-likeness (QED) is 0.0695. The second-order valence-corrected chi connectivity index (χ2v) is 10.1. The number of furan rings is 1. The molecule has 3 amide bonds. The highest BCUT2D eigenvalue weighted by Crippen LogP contribution is 2.31. The number of ether oxygens (including phenoxy) is 1. The largest absolute Gasteiger partial charge is 0.807 e. The normalized spacial score (nSPS) is 12.9. The summed E-state index contributed by atoms with van der Waals surface area (Å²) in [5.74, 6) is -1.56. The lowest BCUT2D eigenvalue weighted by Gasteiger charge is -2.30. The smallest absolute Gasteiger partial charge is 0.288 e. The lowest BCUT2D eigenvalue weighted by Crippen LogP contribution is -2.47. The van der Waals surface area contributed by atoms with Gasteiger partial charge < -0.3 is 34.1 Å². The van der Waals surface area contributed by atoms with Crippen LogP contribution in [0.4, 0.5) is 0 Å². The third kappa shape index (κ3) is 8.70. The summed E-state index contributed by atoms with van der Waals surface area (Å²) in [6.45, 7) is 5.49. The van der Waals surface area contributed by atoms with Crippen molar-refractivity contribution in [2.45, 2.75) is 58.9 Å². The Labute approximate surface area is 221 Å². The molecule has 0 aliphatic carbocycles. The first-order chi connectivity index (χ1) is 18.0. The van der Waals surface area contributed by atoms with Gasteiger partial charge in [-0.15, -0.1) is 0 Å². The van der Waals surface area contributed by atoms with Gasteiger partial charge in [0.25, 0.3) is 5.91 Å². The summed E-state index contributed by atoms with van der Waals surface area (Å²) in [4.78, 5) is 59.6. The molecule has 0 unspecified atom stereocenters. The number of nitrogens with zero attached hydrogens (tertiary/aromatic N) is 1. The van der Waals surface area contributed by atoms with Gasteiger partial charge >= 0.3 is 0 Å². The summed E-state index contributed by atoms with van der Waals surface area (Å²) in [7, 11) is -5.07. The lowest BCUT2D eigenvalue weighted by molar-refractivity contribution is -0.308. The molecular formula is C25H34N3O9P-2. The molecule has 210 valence electrons. The van der Waals surface area contributed by atoms with Crippen molar-refractivity contribution >= 4 is 31.1 Å². The first-order valence-corrected chi connectivity index (χ1v) is 14.0. The summed E-state index contributed by atoms with van der Waals surface area (Å²) in [5.41, 5.74) is 0.231. The van der Waals surface area contributed by atoms with Gasteiger partial charge in [0.15, 0.2) is 5.76 Å². The van der Waals surface area contributed by atoms with Crippen molar-refractivity contribution < 1.29 is 43.1 Å². The summed E-state index contributed by atoms with van der Waals surface area (Å²) in [6, 6.07) is 5.84. The number of rotatable bonds is 16. The maximum atomic E-state index is 12.8. The van der Waals surface area contributed by atoms with Gasteiger partial charge in [-0.1, -0.05) is 33.1 Å². The van der Waals surface area contributed by atoms with Gasteiger partial charge in [-0.05, 0) is 63.0 Å². The molecule has 2 rings (SSSR count). The maximum absolute atomic E-state index is 12.8. The molecule has 0 fully saturated rings.